The van der Waals surface area contributed by atoms with Crippen molar-refractivity contribution in [2.75, 3.05) is 26.2 Å². The molecule has 0 unspecified atom stereocenters. The second kappa shape index (κ2) is 9.53. The number of benzene rings is 2. The average molecular weight is 443 g/mol. The van der Waals surface area contributed by atoms with E-state index in [-0.39, 0.29) is 11.8 Å². The molecule has 170 valence electrons. The number of nitrogens with zero attached hydrogens (tertiary/aromatic N) is 2. The Morgan fingerprint density at radius 3 is 1.73 bits per heavy atom. The number of H-pyrrole nitrogens is 2. The zero-order chi connectivity index (χ0) is 22.6. The van der Waals surface area contributed by atoms with E-state index < -0.39 is 0 Å². The number of aryl methyl sites for hydroxylation is 2. The summed E-state index contributed by atoms with van der Waals surface area (Å²) >= 11 is 0. The SMILES string of the molecule is O=C(CCCc1c[nH]c2ccccc12)N1CCN(C(=O)CCc2c[nH]c3ccccc23)CC1. The molecule has 1 fully saturated rings. The summed E-state index contributed by atoms with van der Waals surface area (Å²) in [5.74, 6) is 0.368. The van der Waals surface area contributed by atoms with Gasteiger partial charge < -0.3 is 19.8 Å². The summed E-state index contributed by atoms with van der Waals surface area (Å²) < 4.78 is 0. The Morgan fingerprint density at radius 2 is 1.15 bits per heavy atom. The third-order valence-electron chi connectivity index (χ3n) is 6.78. The number of para-hydroxylation sites is 2. The van der Waals surface area contributed by atoms with Gasteiger partial charge in [0.15, 0.2) is 0 Å². The Morgan fingerprint density at radius 1 is 0.667 bits per heavy atom. The van der Waals surface area contributed by atoms with Crippen LogP contribution >= 0.6 is 0 Å². The largest absolute Gasteiger partial charge is 0.361 e. The smallest absolute Gasteiger partial charge is 0.223 e. The molecular weight excluding hydrogens is 412 g/mol. The molecule has 5 rings (SSSR count). The second-order valence-electron chi connectivity index (χ2n) is 8.83. The van der Waals surface area contributed by atoms with Gasteiger partial charge in [-0.3, -0.25) is 9.59 Å². The summed E-state index contributed by atoms with van der Waals surface area (Å²) in [6.07, 6.45) is 7.57. The maximum atomic E-state index is 12.7. The predicted molar refractivity (Wildman–Crippen MR) is 131 cm³/mol. The molecule has 0 radical (unpaired) electrons. The van der Waals surface area contributed by atoms with Crippen LogP contribution in [0.25, 0.3) is 21.8 Å². The molecule has 3 heterocycles. The predicted octanol–water partition coefficient (Wildman–Crippen LogP) is 4.28. The summed E-state index contributed by atoms with van der Waals surface area (Å²) in [6, 6.07) is 16.5. The van der Waals surface area contributed by atoms with Crippen molar-refractivity contribution < 1.29 is 9.59 Å². The number of aromatic amines is 2. The van der Waals surface area contributed by atoms with Gasteiger partial charge in [0.2, 0.25) is 11.8 Å². The van der Waals surface area contributed by atoms with Crippen molar-refractivity contribution in [3.63, 3.8) is 0 Å². The molecule has 2 amide bonds. The zero-order valence-corrected chi connectivity index (χ0v) is 18.8. The number of fused-ring (bicyclic) bond motifs is 2. The lowest BCUT2D eigenvalue weighted by Crippen LogP contribution is -2.50. The van der Waals surface area contributed by atoms with Crippen LogP contribution in [0.4, 0.5) is 0 Å². The number of hydrogen-bond acceptors (Lipinski definition) is 2. The fourth-order valence-electron chi connectivity index (χ4n) is 4.87. The number of rotatable bonds is 7. The van der Waals surface area contributed by atoms with Crippen molar-refractivity contribution in [1.29, 1.82) is 0 Å². The van der Waals surface area contributed by atoms with Crippen molar-refractivity contribution in [2.45, 2.75) is 32.1 Å². The number of carbonyl (C=O) groups is 2. The van der Waals surface area contributed by atoms with Gasteiger partial charge in [-0.25, -0.2) is 0 Å². The van der Waals surface area contributed by atoms with E-state index in [9.17, 15) is 9.59 Å². The monoisotopic (exact) mass is 442 g/mol. The third kappa shape index (κ3) is 4.65. The number of amides is 2. The quantitative estimate of drug-likeness (QED) is 0.449. The van der Waals surface area contributed by atoms with E-state index in [0.717, 1.165) is 30.3 Å². The minimum absolute atomic E-state index is 0.173. The minimum atomic E-state index is 0.173. The van der Waals surface area contributed by atoms with Crippen molar-refractivity contribution in [3.05, 3.63) is 72.1 Å². The molecule has 2 N–H and O–H groups in total. The molecule has 4 aromatic rings. The van der Waals surface area contributed by atoms with Crippen molar-refractivity contribution in [1.82, 2.24) is 19.8 Å². The molecule has 6 heteroatoms. The molecule has 1 saturated heterocycles. The molecule has 0 saturated carbocycles. The van der Waals surface area contributed by atoms with Gasteiger partial charge in [-0.15, -0.1) is 0 Å². The second-order valence-corrected chi connectivity index (χ2v) is 8.83. The van der Waals surface area contributed by atoms with Crippen LogP contribution in [-0.4, -0.2) is 57.8 Å². The molecule has 2 aromatic heterocycles. The first-order chi connectivity index (χ1) is 16.2. The number of hydrogen-bond donors (Lipinski definition) is 2. The molecule has 33 heavy (non-hydrogen) atoms. The maximum absolute atomic E-state index is 12.7. The first-order valence-electron chi connectivity index (χ1n) is 11.8. The van der Waals surface area contributed by atoms with Crippen LogP contribution in [0.5, 0.6) is 0 Å². The first kappa shape index (κ1) is 21.3. The van der Waals surface area contributed by atoms with E-state index in [1.807, 2.05) is 40.3 Å². The fraction of sp³-hybridized carbons (Fsp3) is 0.333. The van der Waals surface area contributed by atoms with Crippen molar-refractivity contribution >= 4 is 33.6 Å². The molecular formula is C27H30N4O2. The third-order valence-corrected chi connectivity index (χ3v) is 6.78. The molecule has 0 aliphatic carbocycles. The molecule has 1 aliphatic rings. The van der Waals surface area contributed by atoms with Crippen LogP contribution in [-0.2, 0) is 22.4 Å². The summed E-state index contributed by atoms with van der Waals surface area (Å²) in [4.78, 5) is 35.8. The number of carbonyl (C=O) groups excluding carboxylic acids is 2. The van der Waals surface area contributed by atoms with Gasteiger partial charge >= 0.3 is 0 Å². The Kier molecular flexibility index (Phi) is 6.15. The fourth-order valence-corrected chi connectivity index (χ4v) is 4.87. The highest BCUT2D eigenvalue weighted by atomic mass is 16.2. The van der Waals surface area contributed by atoms with Crippen LogP contribution in [0.2, 0.25) is 0 Å². The van der Waals surface area contributed by atoms with Gasteiger partial charge in [-0.1, -0.05) is 36.4 Å². The summed E-state index contributed by atoms with van der Waals surface area (Å²) in [6.45, 7) is 2.51. The molecule has 0 spiro atoms. The van der Waals surface area contributed by atoms with Gasteiger partial charge in [0.1, 0.15) is 0 Å². The highest BCUT2D eigenvalue weighted by molar-refractivity contribution is 5.85. The van der Waals surface area contributed by atoms with E-state index in [4.69, 9.17) is 0 Å². The lowest BCUT2D eigenvalue weighted by molar-refractivity contribution is -0.139. The molecule has 1 aliphatic heterocycles. The van der Waals surface area contributed by atoms with Crippen molar-refractivity contribution in [2.24, 2.45) is 0 Å². The highest BCUT2D eigenvalue weighted by Gasteiger charge is 2.24. The Labute approximate surface area is 193 Å². The normalized spacial score (nSPS) is 14.3. The van der Waals surface area contributed by atoms with Gasteiger partial charge in [0.25, 0.3) is 0 Å². The molecule has 0 bridgehead atoms. The van der Waals surface area contributed by atoms with E-state index in [1.54, 1.807) is 0 Å². The standard InChI is InChI=1S/C27H30N4O2/c32-26(11-5-6-20-18-28-24-9-3-1-7-22(20)24)30-14-16-31(17-15-30)27(33)13-12-21-19-29-25-10-4-2-8-23(21)25/h1-4,7-10,18-19,28-29H,5-6,11-17H2. The Balaban J connectivity index is 1.06. The topological polar surface area (TPSA) is 72.2 Å². The number of nitrogens with one attached hydrogen (secondary N) is 2. The maximum Gasteiger partial charge on any atom is 0.223 e. The minimum Gasteiger partial charge on any atom is -0.361 e. The van der Waals surface area contributed by atoms with E-state index in [2.05, 4.69) is 40.4 Å². The lowest BCUT2D eigenvalue weighted by Gasteiger charge is -2.35. The number of piperazine rings is 1. The highest BCUT2D eigenvalue weighted by Crippen LogP contribution is 2.21. The first-order valence-corrected chi connectivity index (χ1v) is 11.8. The van der Waals surface area contributed by atoms with E-state index in [1.165, 1.54) is 21.9 Å². The average Bonchev–Trinajstić information content (AvgIpc) is 3.47. The molecule has 0 atom stereocenters. The summed E-state index contributed by atoms with van der Waals surface area (Å²) in [5, 5.41) is 2.43. The zero-order valence-electron chi connectivity index (χ0n) is 18.8. The van der Waals surface area contributed by atoms with Crippen LogP contribution < -0.4 is 0 Å². The van der Waals surface area contributed by atoms with Gasteiger partial charge in [0.05, 0.1) is 0 Å². The van der Waals surface area contributed by atoms with Gasteiger partial charge in [-0.05, 0) is 42.5 Å². The van der Waals surface area contributed by atoms with E-state index >= 15 is 0 Å². The van der Waals surface area contributed by atoms with Crippen LogP contribution in [0.15, 0.2) is 60.9 Å². The molecule has 2 aromatic carbocycles. The van der Waals surface area contributed by atoms with E-state index in [0.29, 0.717) is 39.0 Å². The Bertz CT molecular complexity index is 1260. The molecule has 6 nitrogen and oxygen atoms in total. The van der Waals surface area contributed by atoms with Crippen LogP contribution in [0, 0.1) is 0 Å². The summed E-state index contributed by atoms with van der Waals surface area (Å²) in [7, 11) is 0. The van der Waals surface area contributed by atoms with Gasteiger partial charge in [0, 0.05) is 73.2 Å². The van der Waals surface area contributed by atoms with Crippen molar-refractivity contribution in [3.8, 4) is 0 Å². The number of aromatic nitrogens is 2. The lowest BCUT2D eigenvalue weighted by atomic mass is 10.1. The summed E-state index contributed by atoms with van der Waals surface area (Å²) in [5.41, 5.74) is 4.70. The van der Waals surface area contributed by atoms with Crippen LogP contribution in [0.1, 0.15) is 30.4 Å². The van der Waals surface area contributed by atoms with Gasteiger partial charge in [-0.2, -0.15) is 0 Å². The Hall–Kier alpha value is -3.54. The van der Waals surface area contributed by atoms with Crippen LogP contribution in [0.3, 0.4) is 0 Å².